The molecule has 2 aromatic rings. The summed E-state index contributed by atoms with van der Waals surface area (Å²) in [7, 11) is 3.06. The molecule has 1 amide bonds. The lowest BCUT2D eigenvalue weighted by Crippen LogP contribution is -2.48. The number of piperazine rings is 1. The van der Waals surface area contributed by atoms with Crippen molar-refractivity contribution in [3.05, 3.63) is 58.4 Å². The summed E-state index contributed by atoms with van der Waals surface area (Å²) in [5, 5.41) is 0.426. The van der Waals surface area contributed by atoms with Crippen molar-refractivity contribution in [1.29, 1.82) is 0 Å². The average molecular weight is 393 g/mol. The first-order chi connectivity index (χ1) is 13.0. The van der Waals surface area contributed by atoms with Crippen LogP contribution in [0.5, 0.6) is 11.5 Å². The molecular formula is C20H22ClFN2O3. The third-order valence-electron chi connectivity index (χ3n) is 4.74. The second-order valence-electron chi connectivity index (χ2n) is 6.31. The zero-order valence-electron chi connectivity index (χ0n) is 15.4. The van der Waals surface area contributed by atoms with Crippen LogP contribution in [0.3, 0.4) is 0 Å². The van der Waals surface area contributed by atoms with Crippen molar-refractivity contribution < 1.29 is 18.7 Å². The second kappa shape index (κ2) is 8.59. The van der Waals surface area contributed by atoms with E-state index in [9.17, 15) is 9.18 Å². The number of nitrogens with zero attached hydrogens (tertiary/aromatic N) is 2. The van der Waals surface area contributed by atoms with Gasteiger partial charge in [0.2, 0.25) is 0 Å². The highest BCUT2D eigenvalue weighted by Gasteiger charge is 2.26. The molecule has 7 heteroatoms. The summed E-state index contributed by atoms with van der Waals surface area (Å²) >= 11 is 6.11. The zero-order chi connectivity index (χ0) is 19.4. The molecule has 0 aliphatic carbocycles. The Labute approximate surface area is 163 Å². The SMILES string of the molecule is COc1cccc(C(=O)N2CCN(Cc3c(F)cccc3Cl)CC2)c1OC. The van der Waals surface area contributed by atoms with E-state index in [1.165, 1.54) is 13.2 Å². The van der Waals surface area contributed by atoms with Gasteiger partial charge in [-0.25, -0.2) is 4.39 Å². The van der Waals surface area contributed by atoms with Crippen molar-refractivity contribution in [3.8, 4) is 11.5 Å². The van der Waals surface area contributed by atoms with Gasteiger partial charge in [0.25, 0.3) is 5.91 Å². The molecule has 0 saturated carbocycles. The Morgan fingerprint density at radius 3 is 2.41 bits per heavy atom. The maximum Gasteiger partial charge on any atom is 0.257 e. The van der Waals surface area contributed by atoms with Crippen LogP contribution < -0.4 is 9.47 Å². The van der Waals surface area contributed by atoms with Gasteiger partial charge in [0.1, 0.15) is 5.82 Å². The number of carbonyl (C=O) groups excluding carboxylic acids is 1. The van der Waals surface area contributed by atoms with Crippen molar-refractivity contribution in [1.82, 2.24) is 9.80 Å². The van der Waals surface area contributed by atoms with E-state index < -0.39 is 0 Å². The summed E-state index contributed by atoms with van der Waals surface area (Å²) < 4.78 is 24.6. The summed E-state index contributed by atoms with van der Waals surface area (Å²) in [6.45, 7) is 2.80. The number of rotatable bonds is 5. The van der Waals surface area contributed by atoms with Gasteiger partial charge in [-0.2, -0.15) is 0 Å². The Morgan fingerprint density at radius 2 is 1.78 bits per heavy atom. The summed E-state index contributed by atoms with van der Waals surface area (Å²) in [6.07, 6.45) is 0. The van der Waals surface area contributed by atoms with Crippen LogP contribution in [0.25, 0.3) is 0 Å². The van der Waals surface area contributed by atoms with E-state index in [1.807, 2.05) is 0 Å². The standard InChI is InChI=1S/C20H22ClFN2O3/c1-26-18-8-3-5-14(19(18)27-2)20(25)24-11-9-23(10-12-24)13-15-16(21)6-4-7-17(15)22/h3-8H,9-13H2,1-2H3. The Morgan fingerprint density at radius 1 is 1.07 bits per heavy atom. The number of halogens is 2. The highest BCUT2D eigenvalue weighted by atomic mass is 35.5. The molecule has 1 saturated heterocycles. The second-order valence-corrected chi connectivity index (χ2v) is 6.72. The lowest BCUT2D eigenvalue weighted by atomic mass is 10.1. The normalized spacial score (nSPS) is 14.9. The number of para-hydroxylation sites is 1. The first-order valence-corrected chi connectivity index (χ1v) is 9.08. The molecule has 0 N–H and O–H groups in total. The van der Waals surface area contributed by atoms with Crippen molar-refractivity contribution in [2.45, 2.75) is 6.54 Å². The van der Waals surface area contributed by atoms with Gasteiger partial charge < -0.3 is 14.4 Å². The number of benzene rings is 2. The van der Waals surface area contributed by atoms with Gasteiger partial charge in [-0.3, -0.25) is 9.69 Å². The molecule has 0 aromatic heterocycles. The molecule has 5 nitrogen and oxygen atoms in total. The molecule has 0 unspecified atom stereocenters. The van der Waals surface area contributed by atoms with E-state index in [2.05, 4.69) is 4.90 Å². The van der Waals surface area contributed by atoms with E-state index in [-0.39, 0.29) is 11.7 Å². The van der Waals surface area contributed by atoms with Gasteiger partial charge in [-0.15, -0.1) is 0 Å². The van der Waals surface area contributed by atoms with Crippen LogP contribution in [-0.4, -0.2) is 56.1 Å². The minimum atomic E-state index is -0.304. The van der Waals surface area contributed by atoms with E-state index in [0.717, 1.165) is 0 Å². The predicted octanol–water partition coefficient (Wildman–Crippen LogP) is 3.45. The molecule has 0 bridgehead atoms. The Hall–Kier alpha value is -2.31. The van der Waals surface area contributed by atoms with Gasteiger partial charge in [0.15, 0.2) is 11.5 Å². The van der Waals surface area contributed by atoms with Crippen LogP contribution in [0.2, 0.25) is 5.02 Å². The molecule has 1 heterocycles. The monoisotopic (exact) mass is 392 g/mol. The largest absolute Gasteiger partial charge is 0.493 e. The minimum absolute atomic E-state index is 0.102. The number of hydrogen-bond acceptors (Lipinski definition) is 4. The lowest BCUT2D eigenvalue weighted by Gasteiger charge is -2.35. The summed E-state index contributed by atoms with van der Waals surface area (Å²) in [5.41, 5.74) is 0.968. The van der Waals surface area contributed by atoms with Crippen molar-refractivity contribution in [2.75, 3.05) is 40.4 Å². The first kappa shape index (κ1) is 19.5. The maximum atomic E-state index is 14.0. The van der Waals surface area contributed by atoms with Gasteiger partial charge in [-0.05, 0) is 24.3 Å². The van der Waals surface area contributed by atoms with Crippen molar-refractivity contribution in [2.24, 2.45) is 0 Å². The minimum Gasteiger partial charge on any atom is -0.493 e. The Kier molecular flexibility index (Phi) is 6.19. The highest BCUT2D eigenvalue weighted by Crippen LogP contribution is 2.31. The molecule has 27 heavy (non-hydrogen) atoms. The molecule has 0 spiro atoms. The third-order valence-corrected chi connectivity index (χ3v) is 5.09. The smallest absolute Gasteiger partial charge is 0.257 e. The van der Waals surface area contributed by atoms with Crippen molar-refractivity contribution in [3.63, 3.8) is 0 Å². The van der Waals surface area contributed by atoms with Gasteiger partial charge in [0.05, 0.1) is 19.8 Å². The van der Waals surface area contributed by atoms with Crippen LogP contribution >= 0.6 is 11.6 Å². The van der Waals surface area contributed by atoms with E-state index in [4.69, 9.17) is 21.1 Å². The van der Waals surface area contributed by atoms with Crippen molar-refractivity contribution >= 4 is 17.5 Å². The Balaban J connectivity index is 1.67. The predicted molar refractivity (Wildman–Crippen MR) is 102 cm³/mol. The summed E-state index contributed by atoms with van der Waals surface area (Å²) in [6, 6.07) is 9.95. The molecule has 1 fully saturated rings. The first-order valence-electron chi connectivity index (χ1n) is 8.70. The zero-order valence-corrected chi connectivity index (χ0v) is 16.1. The quantitative estimate of drug-likeness (QED) is 0.781. The molecule has 1 aliphatic rings. The lowest BCUT2D eigenvalue weighted by molar-refractivity contribution is 0.0623. The van der Waals surface area contributed by atoms with Gasteiger partial charge in [-0.1, -0.05) is 23.7 Å². The molecule has 0 radical (unpaired) electrons. The fraction of sp³-hybridized carbons (Fsp3) is 0.350. The molecular weight excluding hydrogens is 371 g/mol. The topological polar surface area (TPSA) is 42.0 Å². The fourth-order valence-electron chi connectivity index (χ4n) is 3.24. The van der Waals surface area contributed by atoms with Crippen LogP contribution in [0.4, 0.5) is 4.39 Å². The van der Waals surface area contributed by atoms with Crippen LogP contribution in [0, 0.1) is 5.82 Å². The molecule has 144 valence electrons. The van der Waals surface area contributed by atoms with Gasteiger partial charge >= 0.3 is 0 Å². The van der Waals surface area contributed by atoms with Gasteiger partial charge in [0, 0.05) is 43.3 Å². The average Bonchev–Trinajstić information content (AvgIpc) is 2.70. The number of ether oxygens (including phenoxy) is 2. The third kappa shape index (κ3) is 4.17. The van der Waals surface area contributed by atoms with E-state index in [1.54, 1.807) is 42.3 Å². The molecule has 3 rings (SSSR count). The van der Waals surface area contributed by atoms with E-state index >= 15 is 0 Å². The Bertz CT molecular complexity index is 803. The number of carbonyl (C=O) groups is 1. The summed E-state index contributed by atoms with van der Waals surface area (Å²) in [5.74, 6) is 0.554. The number of methoxy groups -OCH3 is 2. The fourth-order valence-corrected chi connectivity index (χ4v) is 3.46. The molecule has 2 aromatic carbocycles. The van der Waals surface area contributed by atoms with Crippen LogP contribution in [0.15, 0.2) is 36.4 Å². The highest BCUT2D eigenvalue weighted by molar-refractivity contribution is 6.31. The van der Waals surface area contributed by atoms with Crippen LogP contribution in [0.1, 0.15) is 15.9 Å². The molecule has 0 atom stereocenters. The maximum absolute atomic E-state index is 14.0. The number of hydrogen-bond donors (Lipinski definition) is 0. The molecule has 1 aliphatic heterocycles. The van der Waals surface area contributed by atoms with Crippen LogP contribution in [-0.2, 0) is 6.54 Å². The van der Waals surface area contributed by atoms with E-state index in [0.29, 0.717) is 60.4 Å². The summed E-state index contributed by atoms with van der Waals surface area (Å²) in [4.78, 5) is 16.8. The number of amides is 1.